The second-order valence-electron chi connectivity index (χ2n) is 10.3. The van der Waals surface area contributed by atoms with Crippen LogP contribution in [0.25, 0.3) is 57.2 Å². The molecule has 2 N–H and O–H groups in total. The van der Waals surface area contributed by atoms with E-state index in [1.807, 2.05) is 62.4 Å². The van der Waals surface area contributed by atoms with E-state index in [4.69, 9.17) is 17.7 Å². The van der Waals surface area contributed by atoms with Gasteiger partial charge in [-0.15, -0.1) is 0 Å². The average Bonchev–Trinajstić information content (AvgIpc) is 3.84. The molecule has 0 saturated heterocycles. The van der Waals surface area contributed by atoms with Crippen LogP contribution in [0.4, 0.5) is 0 Å². The van der Waals surface area contributed by atoms with Gasteiger partial charge in [-0.05, 0) is 41.3 Å². The number of fused-ring (bicyclic) bond motifs is 17. The van der Waals surface area contributed by atoms with Crippen molar-refractivity contribution in [3.8, 4) is 57.2 Å². The quantitative estimate of drug-likeness (QED) is 0.261. The molecular formula is C31H24N6O6. The highest BCUT2D eigenvalue weighted by atomic mass is 16.4. The molecule has 0 radical (unpaired) electrons. The number of aromatic nitrogens is 4. The molecule has 2 aromatic carbocycles. The summed E-state index contributed by atoms with van der Waals surface area (Å²) >= 11 is 0. The maximum atomic E-state index is 13.1. The smallest absolute Gasteiger partial charge is 0.273 e. The number of amides is 2. The standard InChI is InChI=1S/C31H24N6O6/c1-16(2)25-27(39)32-11-21-12-40-30(33-21)23-14-41-28(35-23)19-7-3-5-17(9-19)18-6-4-8-20(10-18)29-36-24(15-42-29)31-34-22(13-43-31)26(38)37-25/h3-10,12-16,25H,11H2,1-2H3,(H,32,39)(H,37,38)/t25-/m0/s1. The summed E-state index contributed by atoms with van der Waals surface area (Å²) in [4.78, 5) is 43.9. The molecule has 12 nitrogen and oxygen atoms in total. The van der Waals surface area contributed by atoms with Crippen LogP contribution in [0.1, 0.15) is 30.0 Å². The number of carbonyl (C=O) groups is 2. The van der Waals surface area contributed by atoms with Gasteiger partial charge in [-0.25, -0.2) is 19.9 Å². The van der Waals surface area contributed by atoms with Gasteiger partial charge in [-0.2, -0.15) is 0 Å². The van der Waals surface area contributed by atoms with Crippen molar-refractivity contribution in [2.75, 3.05) is 0 Å². The number of nitrogens with one attached hydrogen (secondary N) is 2. The summed E-state index contributed by atoms with van der Waals surface area (Å²) in [6, 6.07) is 14.6. The van der Waals surface area contributed by atoms with Crippen molar-refractivity contribution >= 4 is 11.8 Å². The fraction of sp³-hybridized carbons (Fsp3) is 0.161. The van der Waals surface area contributed by atoms with Gasteiger partial charge in [-0.3, -0.25) is 9.59 Å². The molecule has 1 aliphatic heterocycles. The lowest BCUT2D eigenvalue weighted by atomic mass is 10.0. The summed E-state index contributed by atoms with van der Waals surface area (Å²) < 4.78 is 22.7. The third-order valence-electron chi connectivity index (χ3n) is 6.97. The van der Waals surface area contributed by atoms with Crippen LogP contribution in [0.2, 0.25) is 0 Å². The van der Waals surface area contributed by atoms with Crippen molar-refractivity contribution in [2.24, 2.45) is 5.92 Å². The van der Waals surface area contributed by atoms with Crippen molar-refractivity contribution in [1.29, 1.82) is 0 Å². The fourth-order valence-corrected chi connectivity index (χ4v) is 4.71. The van der Waals surface area contributed by atoms with Crippen LogP contribution in [0.15, 0.2) is 91.3 Å². The van der Waals surface area contributed by atoms with E-state index in [0.717, 1.165) is 22.3 Å². The van der Waals surface area contributed by atoms with Gasteiger partial charge in [0.15, 0.2) is 17.1 Å². The molecular weight excluding hydrogens is 552 g/mol. The van der Waals surface area contributed by atoms with Gasteiger partial charge < -0.3 is 28.3 Å². The molecule has 0 unspecified atom stereocenters. The number of rotatable bonds is 1. The second-order valence-corrected chi connectivity index (χ2v) is 10.3. The molecule has 12 heteroatoms. The zero-order valence-corrected chi connectivity index (χ0v) is 23.0. The van der Waals surface area contributed by atoms with Crippen LogP contribution in [-0.2, 0) is 11.3 Å². The molecule has 4 aromatic heterocycles. The van der Waals surface area contributed by atoms with Gasteiger partial charge in [0, 0.05) is 11.1 Å². The molecule has 12 bridgehead atoms. The Labute approximate surface area is 244 Å². The lowest BCUT2D eigenvalue weighted by Gasteiger charge is -2.20. The monoisotopic (exact) mass is 576 g/mol. The molecule has 0 aliphatic carbocycles. The number of nitrogens with zero attached hydrogens (tertiary/aromatic N) is 4. The van der Waals surface area contributed by atoms with Gasteiger partial charge in [0.1, 0.15) is 31.1 Å². The first-order valence-corrected chi connectivity index (χ1v) is 13.5. The minimum Gasteiger partial charge on any atom is -0.444 e. The van der Waals surface area contributed by atoms with Gasteiger partial charge in [0.05, 0.1) is 12.2 Å². The molecule has 43 heavy (non-hydrogen) atoms. The highest BCUT2D eigenvalue weighted by Gasteiger charge is 2.27. The van der Waals surface area contributed by atoms with E-state index in [1.165, 1.54) is 25.1 Å². The van der Waals surface area contributed by atoms with E-state index in [1.54, 1.807) is 0 Å². The SMILES string of the molecule is CC(C)[C@@H]1NC(=O)c2coc(n2)-c2coc(n2)-c2cccc(c2)-c2cccc(c2)-c2nc(co2)-c2nc(co2)CNC1=O. The Morgan fingerprint density at radius 1 is 0.674 bits per heavy atom. The summed E-state index contributed by atoms with van der Waals surface area (Å²) in [6.45, 7) is 3.73. The first-order chi connectivity index (χ1) is 20.9. The predicted molar refractivity (Wildman–Crippen MR) is 152 cm³/mol. The normalized spacial score (nSPS) is 15.1. The Morgan fingerprint density at radius 3 is 1.81 bits per heavy atom. The molecule has 5 heterocycles. The van der Waals surface area contributed by atoms with Crippen molar-refractivity contribution in [1.82, 2.24) is 30.6 Å². The second kappa shape index (κ2) is 10.6. The van der Waals surface area contributed by atoms with Crippen molar-refractivity contribution in [3.63, 3.8) is 0 Å². The average molecular weight is 577 g/mol. The third kappa shape index (κ3) is 5.10. The first kappa shape index (κ1) is 26.1. The number of carbonyl (C=O) groups excluding carboxylic acids is 2. The number of benzene rings is 2. The summed E-state index contributed by atoms with van der Waals surface area (Å²) in [6.07, 6.45) is 5.54. The Balaban J connectivity index is 1.29. The van der Waals surface area contributed by atoms with Crippen LogP contribution in [-0.4, -0.2) is 37.8 Å². The molecule has 0 saturated carbocycles. The Hall–Kier alpha value is -5.78. The Bertz CT molecular complexity index is 1960. The van der Waals surface area contributed by atoms with Crippen LogP contribution < -0.4 is 10.6 Å². The summed E-state index contributed by atoms with van der Waals surface area (Å²) in [5, 5.41) is 5.54. The maximum Gasteiger partial charge on any atom is 0.273 e. The molecule has 7 rings (SSSR count). The molecule has 214 valence electrons. The number of hydrogen-bond acceptors (Lipinski definition) is 10. The minimum absolute atomic E-state index is 0.00228. The highest BCUT2D eigenvalue weighted by molar-refractivity contribution is 5.96. The maximum absolute atomic E-state index is 13.1. The van der Waals surface area contributed by atoms with Gasteiger partial charge in [0.25, 0.3) is 5.91 Å². The number of oxazole rings is 4. The zero-order chi connectivity index (χ0) is 29.5. The topological polar surface area (TPSA) is 162 Å². The highest BCUT2D eigenvalue weighted by Crippen LogP contribution is 2.31. The van der Waals surface area contributed by atoms with Crippen LogP contribution in [0.3, 0.4) is 0 Å². The molecule has 0 fully saturated rings. The molecule has 1 aliphatic rings. The lowest BCUT2D eigenvalue weighted by Crippen LogP contribution is -2.49. The molecule has 0 spiro atoms. The predicted octanol–water partition coefficient (Wildman–Crippen LogP) is 5.36. The van der Waals surface area contributed by atoms with E-state index in [9.17, 15) is 9.59 Å². The van der Waals surface area contributed by atoms with E-state index in [2.05, 4.69) is 30.6 Å². The summed E-state index contributed by atoms with van der Waals surface area (Å²) in [7, 11) is 0. The van der Waals surface area contributed by atoms with Gasteiger partial charge in [0.2, 0.25) is 29.5 Å². The van der Waals surface area contributed by atoms with Crippen LogP contribution in [0, 0.1) is 5.92 Å². The van der Waals surface area contributed by atoms with E-state index in [-0.39, 0.29) is 29.9 Å². The van der Waals surface area contributed by atoms with E-state index in [0.29, 0.717) is 28.9 Å². The van der Waals surface area contributed by atoms with Gasteiger partial charge >= 0.3 is 0 Å². The van der Waals surface area contributed by atoms with Crippen molar-refractivity contribution in [2.45, 2.75) is 26.4 Å². The Morgan fingerprint density at radius 2 is 1.19 bits per heavy atom. The van der Waals surface area contributed by atoms with E-state index < -0.39 is 17.9 Å². The molecule has 1 atom stereocenters. The summed E-state index contributed by atoms with van der Waals surface area (Å²) in [5.74, 6) is -0.0719. The van der Waals surface area contributed by atoms with Gasteiger partial charge in [-0.1, -0.05) is 38.1 Å². The number of hydrogen-bond donors (Lipinski definition) is 2. The fourth-order valence-electron chi connectivity index (χ4n) is 4.71. The Kier molecular flexibility index (Phi) is 6.42. The van der Waals surface area contributed by atoms with E-state index >= 15 is 0 Å². The van der Waals surface area contributed by atoms with Crippen LogP contribution >= 0.6 is 0 Å². The summed E-state index contributed by atoms with van der Waals surface area (Å²) in [5.41, 5.74) is 4.56. The van der Waals surface area contributed by atoms with Crippen LogP contribution in [0.5, 0.6) is 0 Å². The lowest BCUT2D eigenvalue weighted by molar-refractivity contribution is -0.124. The van der Waals surface area contributed by atoms with Crippen molar-refractivity contribution < 1.29 is 27.3 Å². The first-order valence-electron chi connectivity index (χ1n) is 13.5. The molecule has 2 amide bonds. The zero-order valence-electron chi connectivity index (χ0n) is 23.0. The molecule has 6 aromatic rings. The third-order valence-corrected chi connectivity index (χ3v) is 6.97. The van der Waals surface area contributed by atoms with Crippen molar-refractivity contribution in [3.05, 3.63) is 85.0 Å². The minimum atomic E-state index is -0.843. The largest absolute Gasteiger partial charge is 0.444 e.